The number of Topliss-reactive ketones (excluding diaryl/α,β-unsaturated/α-hetero) is 1. The van der Waals surface area contributed by atoms with Crippen LogP contribution in [0.25, 0.3) is 0 Å². The Bertz CT molecular complexity index is 624. The first-order valence-electron chi connectivity index (χ1n) is 7.83. The van der Waals surface area contributed by atoms with E-state index in [2.05, 4.69) is 4.90 Å². The van der Waals surface area contributed by atoms with Gasteiger partial charge in [-0.2, -0.15) is 0 Å². The van der Waals surface area contributed by atoms with Crippen molar-refractivity contribution in [2.75, 3.05) is 19.3 Å². The van der Waals surface area contributed by atoms with E-state index in [1.807, 2.05) is 13.8 Å². The van der Waals surface area contributed by atoms with Gasteiger partial charge in [0.2, 0.25) is 0 Å². The third-order valence-electron chi connectivity index (χ3n) is 4.50. The Balaban J connectivity index is 2.22. The second-order valence-electron chi connectivity index (χ2n) is 6.59. The third-order valence-corrected chi connectivity index (χ3v) is 5.63. The molecule has 22 heavy (non-hydrogen) atoms. The summed E-state index contributed by atoms with van der Waals surface area (Å²) in [6.07, 6.45) is 5.88. The minimum absolute atomic E-state index is 0.0504. The highest BCUT2D eigenvalue weighted by Gasteiger charge is 2.35. The topological polar surface area (TPSA) is 54.5 Å². The fraction of sp³-hybridized carbons (Fsp3) is 0.588. The molecule has 1 aliphatic rings. The average Bonchev–Trinajstić information content (AvgIpc) is 2.75. The first kappa shape index (κ1) is 17.2. The second-order valence-corrected chi connectivity index (χ2v) is 8.60. The van der Waals surface area contributed by atoms with E-state index in [0.717, 1.165) is 25.9 Å². The number of ketones is 1. The number of sulfone groups is 1. The van der Waals surface area contributed by atoms with Gasteiger partial charge in [-0.3, -0.25) is 9.69 Å². The zero-order valence-corrected chi connectivity index (χ0v) is 14.4. The Kier molecular flexibility index (Phi) is 5.07. The molecule has 1 aromatic rings. The maximum absolute atomic E-state index is 12.8. The lowest BCUT2D eigenvalue weighted by molar-refractivity contribution is 0.0649. The number of carbonyl (C=O) groups excluding carboxylic acids is 1. The molecule has 0 aliphatic carbocycles. The van der Waals surface area contributed by atoms with E-state index < -0.39 is 15.4 Å². The molecule has 0 bridgehead atoms. The zero-order valence-electron chi connectivity index (χ0n) is 13.6. The molecule has 1 saturated heterocycles. The van der Waals surface area contributed by atoms with Gasteiger partial charge in [0.05, 0.1) is 10.4 Å². The number of benzene rings is 1. The summed E-state index contributed by atoms with van der Waals surface area (Å²) >= 11 is 0. The van der Waals surface area contributed by atoms with Gasteiger partial charge in [-0.15, -0.1) is 0 Å². The summed E-state index contributed by atoms with van der Waals surface area (Å²) in [4.78, 5) is 15.4. The number of rotatable bonds is 4. The van der Waals surface area contributed by atoms with Crippen molar-refractivity contribution < 1.29 is 13.2 Å². The lowest BCUT2D eigenvalue weighted by Crippen LogP contribution is -2.50. The van der Waals surface area contributed by atoms with Crippen molar-refractivity contribution in [2.24, 2.45) is 0 Å². The smallest absolute Gasteiger partial charge is 0.182 e. The lowest BCUT2D eigenvalue weighted by atomic mass is 9.91. The van der Waals surface area contributed by atoms with Crippen molar-refractivity contribution in [1.29, 1.82) is 0 Å². The highest BCUT2D eigenvalue weighted by molar-refractivity contribution is 7.90. The Morgan fingerprint density at radius 1 is 1.00 bits per heavy atom. The molecule has 0 radical (unpaired) electrons. The third kappa shape index (κ3) is 3.76. The first-order valence-corrected chi connectivity index (χ1v) is 9.72. The molecule has 1 heterocycles. The van der Waals surface area contributed by atoms with Crippen LogP contribution in [0.3, 0.4) is 0 Å². The van der Waals surface area contributed by atoms with E-state index in [1.165, 1.54) is 31.2 Å². The Labute approximate surface area is 133 Å². The van der Waals surface area contributed by atoms with Crippen LogP contribution in [0.4, 0.5) is 0 Å². The molecule has 0 spiro atoms. The molecule has 1 aromatic carbocycles. The van der Waals surface area contributed by atoms with Gasteiger partial charge in [0.15, 0.2) is 15.6 Å². The van der Waals surface area contributed by atoms with Crippen LogP contribution in [-0.4, -0.2) is 44.0 Å². The van der Waals surface area contributed by atoms with E-state index in [9.17, 15) is 13.2 Å². The Hall–Kier alpha value is -1.20. The molecule has 0 amide bonds. The van der Waals surface area contributed by atoms with Crippen LogP contribution in [-0.2, 0) is 9.84 Å². The molecule has 4 nitrogen and oxygen atoms in total. The molecule has 0 atom stereocenters. The summed E-state index contributed by atoms with van der Waals surface area (Å²) in [6, 6.07) is 6.28. The van der Waals surface area contributed by atoms with Gasteiger partial charge >= 0.3 is 0 Å². The van der Waals surface area contributed by atoms with E-state index in [0.29, 0.717) is 5.56 Å². The summed E-state index contributed by atoms with van der Waals surface area (Å²) in [7, 11) is -3.23. The van der Waals surface area contributed by atoms with Crippen LogP contribution in [0.15, 0.2) is 29.2 Å². The molecule has 0 N–H and O–H groups in total. The molecule has 0 saturated carbocycles. The number of nitrogens with zero attached hydrogens (tertiary/aromatic N) is 1. The van der Waals surface area contributed by atoms with Gasteiger partial charge < -0.3 is 0 Å². The predicted octanol–water partition coefficient (Wildman–Crippen LogP) is 2.93. The van der Waals surface area contributed by atoms with Crippen molar-refractivity contribution in [3.05, 3.63) is 29.8 Å². The van der Waals surface area contributed by atoms with Crippen molar-refractivity contribution in [3.63, 3.8) is 0 Å². The summed E-state index contributed by atoms with van der Waals surface area (Å²) < 4.78 is 23.0. The van der Waals surface area contributed by atoms with Gasteiger partial charge in [0.25, 0.3) is 0 Å². The molecule has 2 rings (SSSR count). The average molecular weight is 323 g/mol. The summed E-state index contributed by atoms with van der Waals surface area (Å²) in [5.41, 5.74) is 0.0124. The minimum Gasteiger partial charge on any atom is -0.292 e. The second kappa shape index (κ2) is 6.50. The zero-order chi connectivity index (χ0) is 16.4. The largest absolute Gasteiger partial charge is 0.292 e. The van der Waals surface area contributed by atoms with Crippen molar-refractivity contribution in [1.82, 2.24) is 4.90 Å². The number of hydrogen-bond donors (Lipinski definition) is 0. The lowest BCUT2D eigenvalue weighted by Gasteiger charge is -2.36. The highest BCUT2D eigenvalue weighted by Crippen LogP contribution is 2.25. The number of carbonyl (C=O) groups is 1. The summed E-state index contributed by atoms with van der Waals surface area (Å²) in [6.45, 7) is 5.82. The summed E-state index contributed by atoms with van der Waals surface area (Å²) in [5, 5.41) is 0. The Morgan fingerprint density at radius 2 is 1.50 bits per heavy atom. The van der Waals surface area contributed by atoms with Crippen molar-refractivity contribution in [2.45, 2.75) is 50.0 Å². The molecule has 0 aromatic heterocycles. The maximum atomic E-state index is 12.8. The fourth-order valence-corrected chi connectivity index (χ4v) is 3.61. The molecular formula is C17H25NO3S. The molecule has 0 unspecified atom stereocenters. The van der Waals surface area contributed by atoms with E-state index in [1.54, 1.807) is 12.1 Å². The quantitative estimate of drug-likeness (QED) is 0.800. The van der Waals surface area contributed by atoms with Gasteiger partial charge in [-0.1, -0.05) is 25.0 Å². The normalized spacial score (nSPS) is 18.0. The molecular weight excluding hydrogens is 298 g/mol. The predicted molar refractivity (Wildman–Crippen MR) is 88.0 cm³/mol. The maximum Gasteiger partial charge on any atom is 0.182 e. The molecule has 122 valence electrons. The van der Waals surface area contributed by atoms with Gasteiger partial charge in [-0.25, -0.2) is 8.42 Å². The van der Waals surface area contributed by atoms with E-state index in [-0.39, 0.29) is 10.7 Å². The van der Waals surface area contributed by atoms with Gasteiger partial charge in [-0.05, 0) is 51.9 Å². The van der Waals surface area contributed by atoms with E-state index in [4.69, 9.17) is 0 Å². The van der Waals surface area contributed by atoms with Crippen molar-refractivity contribution >= 4 is 15.6 Å². The standard InChI is InChI=1S/C17H25NO3S/c1-17(2,18-12-6-4-5-7-13-18)16(19)14-8-10-15(11-9-14)22(3,20)21/h8-11H,4-7,12-13H2,1-3H3. The van der Waals surface area contributed by atoms with Crippen LogP contribution in [0.5, 0.6) is 0 Å². The van der Waals surface area contributed by atoms with Crippen LogP contribution in [0.2, 0.25) is 0 Å². The van der Waals surface area contributed by atoms with Crippen LogP contribution in [0, 0.1) is 0 Å². The highest BCUT2D eigenvalue weighted by atomic mass is 32.2. The minimum atomic E-state index is -3.23. The number of hydrogen-bond acceptors (Lipinski definition) is 4. The molecule has 1 aliphatic heterocycles. The van der Waals surface area contributed by atoms with Gasteiger partial charge in [0, 0.05) is 11.8 Å². The van der Waals surface area contributed by atoms with Crippen LogP contribution < -0.4 is 0 Å². The van der Waals surface area contributed by atoms with Gasteiger partial charge in [0.1, 0.15) is 0 Å². The molecule has 1 fully saturated rings. The SMILES string of the molecule is CC(C)(C(=O)c1ccc(S(C)(=O)=O)cc1)N1CCCCCC1. The van der Waals surface area contributed by atoms with E-state index >= 15 is 0 Å². The van der Waals surface area contributed by atoms with Crippen LogP contribution in [0.1, 0.15) is 49.9 Å². The molecule has 5 heteroatoms. The monoisotopic (exact) mass is 323 g/mol. The van der Waals surface area contributed by atoms with Crippen LogP contribution >= 0.6 is 0 Å². The summed E-state index contributed by atoms with van der Waals surface area (Å²) in [5.74, 6) is 0.0504. The first-order chi connectivity index (χ1) is 10.2. The number of likely N-dealkylation sites (tertiary alicyclic amines) is 1. The fourth-order valence-electron chi connectivity index (χ4n) is 2.98. The van der Waals surface area contributed by atoms with Crippen molar-refractivity contribution in [3.8, 4) is 0 Å². The Morgan fingerprint density at radius 3 is 1.95 bits per heavy atom.